The summed E-state index contributed by atoms with van der Waals surface area (Å²) in [7, 11) is 0. The van der Waals surface area contributed by atoms with Crippen molar-refractivity contribution in [2.24, 2.45) is 5.92 Å². The van der Waals surface area contributed by atoms with Crippen LogP contribution < -0.4 is 5.73 Å². The van der Waals surface area contributed by atoms with Crippen LogP contribution in [0.3, 0.4) is 0 Å². The number of rotatable bonds is 1. The molecular weight excluding hydrogens is 248 g/mol. The third-order valence-corrected chi connectivity index (χ3v) is 3.66. The van der Waals surface area contributed by atoms with E-state index in [-0.39, 0.29) is 11.3 Å². The topological polar surface area (TPSA) is 43.8 Å². The zero-order valence-corrected chi connectivity index (χ0v) is 10.7. The van der Waals surface area contributed by atoms with Crippen LogP contribution in [0.4, 0.5) is 14.6 Å². The van der Waals surface area contributed by atoms with Gasteiger partial charge in [0.1, 0.15) is 29.0 Å². The number of aromatic nitrogens is 2. The number of fused-ring (bicyclic) bond motifs is 1. The Balaban J connectivity index is 2.17. The first-order valence-corrected chi connectivity index (χ1v) is 6.37. The van der Waals surface area contributed by atoms with Crippen LogP contribution in [0.1, 0.15) is 19.2 Å². The molecule has 100 valence electrons. The molecule has 0 fully saturated rings. The first kappa shape index (κ1) is 12.1. The summed E-state index contributed by atoms with van der Waals surface area (Å²) in [6, 6.07) is 3.78. The molecule has 19 heavy (non-hydrogen) atoms. The molecule has 2 N–H and O–H groups in total. The molecule has 0 amide bonds. The highest BCUT2D eigenvalue weighted by Gasteiger charge is 2.25. The van der Waals surface area contributed by atoms with Crippen molar-refractivity contribution in [3.63, 3.8) is 0 Å². The summed E-state index contributed by atoms with van der Waals surface area (Å²) >= 11 is 0. The summed E-state index contributed by atoms with van der Waals surface area (Å²) in [5, 5.41) is 0. The Hall–Kier alpha value is -1.91. The lowest BCUT2D eigenvalue weighted by Gasteiger charge is -2.20. The lowest BCUT2D eigenvalue weighted by molar-refractivity contribution is 0.412. The van der Waals surface area contributed by atoms with Gasteiger partial charge in [-0.05, 0) is 24.5 Å². The van der Waals surface area contributed by atoms with Crippen molar-refractivity contribution >= 4 is 5.82 Å². The van der Waals surface area contributed by atoms with E-state index < -0.39 is 11.6 Å². The van der Waals surface area contributed by atoms with Gasteiger partial charge in [0.05, 0.1) is 5.56 Å². The maximum Gasteiger partial charge on any atom is 0.135 e. The smallest absolute Gasteiger partial charge is 0.135 e. The van der Waals surface area contributed by atoms with Gasteiger partial charge in [-0.25, -0.2) is 13.8 Å². The lowest BCUT2D eigenvalue weighted by atomic mass is 10.0. The molecule has 1 aromatic carbocycles. The minimum Gasteiger partial charge on any atom is -0.383 e. The van der Waals surface area contributed by atoms with Crippen molar-refractivity contribution in [2.75, 3.05) is 5.73 Å². The summed E-state index contributed by atoms with van der Waals surface area (Å²) in [6.07, 6.45) is 1.80. The molecule has 5 heteroatoms. The van der Waals surface area contributed by atoms with E-state index in [9.17, 15) is 8.78 Å². The molecule has 3 nitrogen and oxygen atoms in total. The van der Waals surface area contributed by atoms with Gasteiger partial charge < -0.3 is 10.3 Å². The Bertz CT molecular complexity index is 614. The fourth-order valence-corrected chi connectivity index (χ4v) is 2.59. The van der Waals surface area contributed by atoms with Gasteiger partial charge in [0.2, 0.25) is 0 Å². The van der Waals surface area contributed by atoms with E-state index >= 15 is 0 Å². The zero-order chi connectivity index (χ0) is 13.6. The molecule has 1 aliphatic heterocycles. The van der Waals surface area contributed by atoms with E-state index in [1.54, 1.807) is 0 Å². The number of nitrogen functional groups attached to an aromatic ring is 1. The Morgan fingerprint density at radius 1 is 1.32 bits per heavy atom. The normalized spacial score (nSPS) is 18.4. The van der Waals surface area contributed by atoms with E-state index in [1.165, 1.54) is 18.2 Å². The van der Waals surface area contributed by atoms with Crippen molar-refractivity contribution < 1.29 is 8.78 Å². The zero-order valence-electron chi connectivity index (χ0n) is 10.7. The summed E-state index contributed by atoms with van der Waals surface area (Å²) < 4.78 is 29.5. The molecule has 1 unspecified atom stereocenters. The molecule has 0 saturated carbocycles. The quantitative estimate of drug-likeness (QED) is 0.859. The molecule has 0 bridgehead atoms. The van der Waals surface area contributed by atoms with Gasteiger partial charge in [0.25, 0.3) is 0 Å². The van der Waals surface area contributed by atoms with E-state index in [4.69, 9.17) is 5.73 Å². The second kappa shape index (κ2) is 4.33. The average Bonchev–Trinajstić information content (AvgIpc) is 2.66. The first-order valence-electron chi connectivity index (χ1n) is 6.37. The summed E-state index contributed by atoms with van der Waals surface area (Å²) in [5.41, 5.74) is 6.10. The Morgan fingerprint density at radius 3 is 2.68 bits per heavy atom. The molecule has 3 rings (SSSR count). The van der Waals surface area contributed by atoms with Crippen molar-refractivity contribution in [3.05, 3.63) is 35.7 Å². The van der Waals surface area contributed by atoms with Crippen molar-refractivity contribution in [1.29, 1.82) is 0 Å². The molecular formula is C14H15F2N3. The average molecular weight is 263 g/mol. The number of hydrogen-bond donors (Lipinski definition) is 1. The Labute approximate surface area is 110 Å². The van der Waals surface area contributed by atoms with Crippen LogP contribution in [-0.4, -0.2) is 9.55 Å². The fourth-order valence-electron chi connectivity index (χ4n) is 2.59. The molecule has 2 heterocycles. The number of benzene rings is 1. The minimum atomic E-state index is -0.629. The van der Waals surface area contributed by atoms with Gasteiger partial charge in [0, 0.05) is 13.0 Å². The first-order chi connectivity index (χ1) is 9.08. The van der Waals surface area contributed by atoms with Crippen LogP contribution in [0.2, 0.25) is 0 Å². The molecule has 1 aliphatic rings. The number of imidazole rings is 1. The highest BCUT2D eigenvalue weighted by atomic mass is 19.1. The SMILES string of the molecule is CC1CCn2c(nc(-c3c(F)cccc3F)c2N)C1. The molecule has 2 aromatic rings. The van der Waals surface area contributed by atoms with Crippen LogP contribution >= 0.6 is 0 Å². The van der Waals surface area contributed by atoms with Gasteiger partial charge in [-0.2, -0.15) is 0 Å². The number of nitrogens with zero attached hydrogens (tertiary/aromatic N) is 2. The highest BCUT2D eigenvalue weighted by Crippen LogP contribution is 2.33. The van der Waals surface area contributed by atoms with Gasteiger partial charge in [-0.15, -0.1) is 0 Å². The number of nitrogens with two attached hydrogens (primary N) is 1. The summed E-state index contributed by atoms with van der Waals surface area (Å²) in [4.78, 5) is 4.35. The maximum absolute atomic E-state index is 13.8. The largest absolute Gasteiger partial charge is 0.383 e. The van der Waals surface area contributed by atoms with Crippen LogP contribution in [-0.2, 0) is 13.0 Å². The van der Waals surface area contributed by atoms with Gasteiger partial charge in [-0.3, -0.25) is 0 Å². The molecule has 1 aromatic heterocycles. The Morgan fingerprint density at radius 2 is 2.00 bits per heavy atom. The number of anilines is 1. The second-order valence-corrected chi connectivity index (χ2v) is 5.11. The second-order valence-electron chi connectivity index (χ2n) is 5.11. The Kier molecular flexibility index (Phi) is 2.77. The molecule has 0 aliphatic carbocycles. The van der Waals surface area contributed by atoms with Crippen LogP contribution in [0, 0.1) is 17.6 Å². The third kappa shape index (κ3) is 1.89. The van der Waals surface area contributed by atoms with Crippen molar-refractivity contribution in [3.8, 4) is 11.3 Å². The van der Waals surface area contributed by atoms with Crippen LogP contribution in [0.5, 0.6) is 0 Å². The molecule has 0 radical (unpaired) electrons. The van der Waals surface area contributed by atoms with E-state index in [0.29, 0.717) is 11.7 Å². The third-order valence-electron chi connectivity index (χ3n) is 3.66. The van der Waals surface area contributed by atoms with Crippen molar-refractivity contribution in [1.82, 2.24) is 9.55 Å². The maximum atomic E-state index is 13.8. The van der Waals surface area contributed by atoms with E-state index in [0.717, 1.165) is 25.2 Å². The van der Waals surface area contributed by atoms with Crippen LogP contribution in [0.25, 0.3) is 11.3 Å². The van der Waals surface area contributed by atoms with Crippen molar-refractivity contribution in [2.45, 2.75) is 26.3 Å². The lowest BCUT2D eigenvalue weighted by Crippen LogP contribution is -2.18. The highest BCUT2D eigenvalue weighted by molar-refractivity contribution is 5.72. The van der Waals surface area contributed by atoms with Crippen LogP contribution in [0.15, 0.2) is 18.2 Å². The van der Waals surface area contributed by atoms with E-state index in [1.807, 2.05) is 4.57 Å². The van der Waals surface area contributed by atoms with E-state index in [2.05, 4.69) is 11.9 Å². The summed E-state index contributed by atoms with van der Waals surface area (Å²) in [5.74, 6) is 0.429. The molecule has 0 spiro atoms. The number of halogens is 2. The predicted octanol–water partition coefficient (Wildman–Crippen LogP) is 2.99. The van der Waals surface area contributed by atoms with Gasteiger partial charge in [-0.1, -0.05) is 13.0 Å². The van der Waals surface area contributed by atoms with Gasteiger partial charge >= 0.3 is 0 Å². The standard InChI is InChI=1S/C14H15F2N3/c1-8-5-6-19-11(7-8)18-13(14(19)17)12-9(15)3-2-4-10(12)16/h2-4,8H,5-7,17H2,1H3. The molecule has 1 atom stereocenters. The monoisotopic (exact) mass is 263 g/mol. The fraction of sp³-hybridized carbons (Fsp3) is 0.357. The number of hydrogen-bond acceptors (Lipinski definition) is 2. The minimum absolute atomic E-state index is 0.130. The predicted molar refractivity (Wildman–Crippen MR) is 69.5 cm³/mol. The van der Waals surface area contributed by atoms with Gasteiger partial charge in [0.15, 0.2) is 0 Å². The molecule has 0 saturated heterocycles. The summed E-state index contributed by atoms with van der Waals surface area (Å²) in [6.45, 7) is 2.89.